The van der Waals surface area contributed by atoms with E-state index in [1.807, 2.05) is 30.3 Å². The van der Waals surface area contributed by atoms with E-state index in [2.05, 4.69) is 5.32 Å². The van der Waals surface area contributed by atoms with Crippen molar-refractivity contribution in [1.82, 2.24) is 5.32 Å². The lowest BCUT2D eigenvalue weighted by Gasteiger charge is -2.04. The smallest absolute Gasteiger partial charge is 0.224 e. The van der Waals surface area contributed by atoms with Crippen molar-refractivity contribution < 1.29 is 13.9 Å². The first-order chi connectivity index (χ1) is 8.78. The van der Waals surface area contributed by atoms with Crippen LogP contribution in [0.25, 0.3) is 0 Å². The second-order valence-electron chi connectivity index (χ2n) is 3.88. The van der Waals surface area contributed by atoms with Gasteiger partial charge in [-0.15, -0.1) is 0 Å². The lowest BCUT2D eigenvalue weighted by molar-refractivity contribution is -0.120. The molecule has 1 heterocycles. The fourth-order valence-corrected chi connectivity index (χ4v) is 1.59. The van der Waals surface area contributed by atoms with Crippen LogP contribution < -0.4 is 10.1 Å². The zero-order chi connectivity index (χ0) is 12.8. The summed E-state index contributed by atoms with van der Waals surface area (Å²) in [6.45, 7) is 0.419. The SMILES string of the molecule is COc1ccc(CC(=O)NCc2ccco2)cc1. The molecule has 2 aromatic rings. The van der Waals surface area contributed by atoms with E-state index in [1.54, 1.807) is 19.4 Å². The molecule has 0 bridgehead atoms. The number of ether oxygens (including phenoxy) is 1. The third kappa shape index (κ3) is 3.38. The van der Waals surface area contributed by atoms with Gasteiger partial charge in [0, 0.05) is 0 Å². The van der Waals surface area contributed by atoms with Crippen LogP contribution >= 0.6 is 0 Å². The van der Waals surface area contributed by atoms with E-state index in [4.69, 9.17) is 9.15 Å². The zero-order valence-electron chi connectivity index (χ0n) is 10.2. The molecule has 94 valence electrons. The summed E-state index contributed by atoms with van der Waals surface area (Å²) >= 11 is 0. The van der Waals surface area contributed by atoms with Gasteiger partial charge < -0.3 is 14.5 Å². The van der Waals surface area contributed by atoms with Gasteiger partial charge in [0.15, 0.2) is 0 Å². The van der Waals surface area contributed by atoms with Crippen LogP contribution in [-0.2, 0) is 17.8 Å². The molecule has 1 aromatic carbocycles. The molecule has 0 saturated heterocycles. The number of methoxy groups -OCH3 is 1. The highest BCUT2D eigenvalue weighted by Gasteiger charge is 2.04. The Bertz CT molecular complexity index is 488. The lowest BCUT2D eigenvalue weighted by atomic mass is 10.1. The molecule has 0 fully saturated rings. The number of amides is 1. The molecule has 0 radical (unpaired) electrons. The van der Waals surface area contributed by atoms with Crippen molar-refractivity contribution in [3.05, 3.63) is 54.0 Å². The summed E-state index contributed by atoms with van der Waals surface area (Å²) in [7, 11) is 1.62. The van der Waals surface area contributed by atoms with Crippen molar-refractivity contribution in [3.63, 3.8) is 0 Å². The second-order valence-corrected chi connectivity index (χ2v) is 3.88. The van der Waals surface area contributed by atoms with E-state index in [-0.39, 0.29) is 5.91 Å². The van der Waals surface area contributed by atoms with Gasteiger partial charge in [0.05, 0.1) is 26.3 Å². The van der Waals surface area contributed by atoms with E-state index in [9.17, 15) is 4.79 Å². The molecule has 0 unspecified atom stereocenters. The van der Waals surface area contributed by atoms with Crippen LogP contribution in [0.3, 0.4) is 0 Å². The van der Waals surface area contributed by atoms with E-state index >= 15 is 0 Å². The highest BCUT2D eigenvalue weighted by Crippen LogP contribution is 2.11. The van der Waals surface area contributed by atoms with Crippen LogP contribution in [0.4, 0.5) is 0 Å². The Hall–Kier alpha value is -2.23. The number of hydrogen-bond donors (Lipinski definition) is 1. The van der Waals surface area contributed by atoms with Crippen molar-refractivity contribution in [1.29, 1.82) is 0 Å². The van der Waals surface area contributed by atoms with E-state index < -0.39 is 0 Å². The molecule has 1 amide bonds. The Balaban J connectivity index is 1.83. The van der Waals surface area contributed by atoms with E-state index in [1.165, 1.54) is 0 Å². The highest BCUT2D eigenvalue weighted by molar-refractivity contribution is 5.78. The summed E-state index contributed by atoms with van der Waals surface area (Å²) in [5.74, 6) is 1.50. The molecule has 1 aromatic heterocycles. The Kier molecular flexibility index (Phi) is 4.02. The Morgan fingerprint density at radius 2 is 2.06 bits per heavy atom. The van der Waals surface area contributed by atoms with E-state index in [0.29, 0.717) is 13.0 Å². The number of carbonyl (C=O) groups is 1. The van der Waals surface area contributed by atoms with Gasteiger partial charge in [-0.25, -0.2) is 0 Å². The first-order valence-electron chi connectivity index (χ1n) is 5.70. The van der Waals surface area contributed by atoms with Gasteiger partial charge in [0.2, 0.25) is 5.91 Å². The Morgan fingerprint density at radius 1 is 1.28 bits per heavy atom. The first-order valence-corrected chi connectivity index (χ1v) is 5.70. The molecule has 0 aliphatic rings. The van der Waals surface area contributed by atoms with Crippen molar-refractivity contribution in [3.8, 4) is 5.75 Å². The largest absolute Gasteiger partial charge is 0.497 e. The predicted molar refractivity (Wildman–Crippen MR) is 67.3 cm³/mol. The molecule has 2 rings (SSSR count). The lowest BCUT2D eigenvalue weighted by Crippen LogP contribution is -2.24. The average Bonchev–Trinajstić information content (AvgIpc) is 2.90. The predicted octanol–water partition coefficient (Wildman–Crippen LogP) is 2.15. The molecule has 18 heavy (non-hydrogen) atoms. The van der Waals surface area contributed by atoms with Gasteiger partial charge in [-0.3, -0.25) is 4.79 Å². The van der Waals surface area contributed by atoms with Crippen LogP contribution in [-0.4, -0.2) is 13.0 Å². The van der Waals surface area contributed by atoms with Crippen molar-refractivity contribution in [2.75, 3.05) is 7.11 Å². The molecule has 0 atom stereocenters. The molecule has 0 aliphatic heterocycles. The van der Waals surface area contributed by atoms with Crippen LogP contribution in [0.15, 0.2) is 47.1 Å². The van der Waals surface area contributed by atoms with Crippen LogP contribution in [0, 0.1) is 0 Å². The summed E-state index contributed by atoms with van der Waals surface area (Å²) in [6, 6.07) is 11.1. The monoisotopic (exact) mass is 245 g/mol. The molecule has 1 N–H and O–H groups in total. The van der Waals surface area contributed by atoms with Gasteiger partial charge in [0.1, 0.15) is 11.5 Å². The highest BCUT2D eigenvalue weighted by atomic mass is 16.5. The quantitative estimate of drug-likeness (QED) is 0.878. The molecule has 0 spiro atoms. The Morgan fingerprint density at radius 3 is 2.67 bits per heavy atom. The minimum absolute atomic E-state index is 0.0310. The third-order valence-electron chi connectivity index (χ3n) is 2.56. The maximum atomic E-state index is 11.7. The number of nitrogens with one attached hydrogen (secondary N) is 1. The van der Waals surface area contributed by atoms with Gasteiger partial charge in [-0.05, 0) is 29.8 Å². The standard InChI is InChI=1S/C14H15NO3/c1-17-12-6-4-11(5-7-12)9-14(16)15-10-13-3-2-8-18-13/h2-8H,9-10H2,1H3,(H,15,16). The van der Waals surface area contributed by atoms with Crippen molar-refractivity contribution in [2.45, 2.75) is 13.0 Å². The van der Waals surface area contributed by atoms with Crippen LogP contribution in [0.5, 0.6) is 5.75 Å². The summed E-state index contributed by atoms with van der Waals surface area (Å²) in [4.78, 5) is 11.7. The minimum Gasteiger partial charge on any atom is -0.497 e. The van der Waals surface area contributed by atoms with Gasteiger partial charge in [-0.1, -0.05) is 12.1 Å². The topological polar surface area (TPSA) is 51.5 Å². The summed E-state index contributed by atoms with van der Waals surface area (Å²) in [6.07, 6.45) is 1.94. The molecule has 4 nitrogen and oxygen atoms in total. The van der Waals surface area contributed by atoms with E-state index in [0.717, 1.165) is 17.1 Å². The molecular weight excluding hydrogens is 230 g/mol. The normalized spacial score (nSPS) is 10.1. The number of carbonyl (C=O) groups excluding carboxylic acids is 1. The summed E-state index contributed by atoms with van der Waals surface area (Å²) in [5, 5.41) is 2.80. The number of furan rings is 1. The zero-order valence-corrected chi connectivity index (χ0v) is 10.2. The maximum Gasteiger partial charge on any atom is 0.224 e. The molecule has 0 saturated carbocycles. The minimum atomic E-state index is -0.0310. The summed E-state index contributed by atoms with van der Waals surface area (Å²) < 4.78 is 10.2. The third-order valence-corrected chi connectivity index (χ3v) is 2.56. The first kappa shape index (κ1) is 12.2. The van der Waals surface area contributed by atoms with Crippen molar-refractivity contribution >= 4 is 5.91 Å². The van der Waals surface area contributed by atoms with Gasteiger partial charge in [0.25, 0.3) is 0 Å². The Labute approximate surface area is 106 Å². The van der Waals surface area contributed by atoms with Crippen molar-refractivity contribution in [2.24, 2.45) is 0 Å². The number of hydrogen-bond acceptors (Lipinski definition) is 3. The number of rotatable bonds is 5. The van der Waals surface area contributed by atoms with Gasteiger partial charge in [-0.2, -0.15) is 0 Å². The summed E-state index contributed by atoms with van der Waals surface area (Å²) in [5.41, 5.74) is 0.952. The molecular formula is C14H15NO3. The van der Waals surface area contributed by atoms with Crippen LogP contribution in [0.1, 0.15) is 11.3 Å². The average molecular weight is 245 g/mol. The molecule has 0 aliphatic carbocycles. The fraction of sp³-hybridized carbons (Fsp3) is 0.214. The number of benzene rings is 1. The fourth-order valence-electron chi connectivity index (χ4n) is 1.59. The van der Waals surface area contributed by atoms with Crippen LogP contribution in [0.2, 0.25) is 0 Å². The van der Waals surface area contributed by atoms with Gasteiger partial charge >= 0.3 is 0 Å². The second kappa shape index (κ2) is 5.91. The maximum absolute atomic E-state index is 11.7. The molecule has 4 heteroatoms.